The number of nitriles is 1. The van der Waals surface area contributed by atoms with Crippen LogP contribution in [-0.4, -0.2) is 54.0 Å². The zero-order valence-corrected chi connectivity index (χ0v) is 22.7. The summed E-state index contributed by atoms with van der Waals surface area (Å²) in [5.74, 6) is -1.92. The Bertz CT molecular complexity index is 1510. The molecule has 1 aliphatic heterocycles. The van der Waals surface area contributed by atoms with Gasteiger partial charge in [0, 0.05) is 13.0 Å². The van der Waals surface area contributed by atoms with Crippen molar-refractivity contribution in [1.82, 2.24) is 24.6 Å². The molecular weight excluding hydrogens is 575 g/mol. The summed E-state index contributed by atoms with van der Waals surface area (Å²) >= 11 is 0. The highest BCUT2D eigenvalue weighted by atomic mass is 31.2. The first kappa shape index (κ1) is 30.8. The van der Waals surface area contributed by atoms with E-state index in [1.807, 2.05) is 0 Å². The Morgan fingerprint density at radius 1 is 1.30 bits per heavy atom. The summed E-state index contributed by atoms with van der Waals surface area (Å²) in [6.07, 6.45) is 0.0324. The second-order valence-corrected chi connectivity index (χ2v) is 11.0. The fraction of sp³-hybridized carbons (Fsp3) is 0.286. The molecule has 5 N–H and O–H groups in total. The van der Waals surface area contributed by atoms with E-state index in [9.17, 15) is 18.3 Å². The highest BCUT2D eigenvalue weighted by Crippen LogP contribution is 2.45. The van der Waals surface area contributed by atoms with Crippen LogP contribution in [0, 0.1) is 11.3 Å². The van der Waals surface area contributed by atoms with Crippen molar-refractivity contribution >= 4 is 38.3 Å². The van der Waals surface area contributed by atoms with Gasteiger partial charge in [-0.1, -0.05) is 18.2 Å². The molecule has 2 aromatic heterocycles. The van der Waals surface area contributed by atoms with E-state index in [0.29, 0.717) is 0 Å². The number of ether oxygens (including phenoxy) is 2. The maximum absolute atomic E-state index is 14.8. The number of phosphoric acid groups is 1. The zero-order valence-electron chi connectivity index (χ0n) is 20.9. The number of carbonyl (C=O) groups is 1. The Morgan fingerprint density at radius 3 is 2.62 bits per heavy atom. The summed E-state index contributed by atoms with van der Waals surface area (Å²) in [6.45, 7) is 2.58. The molecule has 3 heterocycles. The summed E-state index contributed by atoms with van der Waals surface area (Å²) in [5.41, 5.74) is 6.20. The molecule has 16 nitrogen and oxygen atoms in total. The second kappa shape index (κ2) is 13.1. The summed E-state index contributed by atoms with van der Waals surface area (Å²) in [6, 6.07) is 8.10. The number of imidazole rings is 1. The third kappa shape index (κ3) is 8.13. The van der Waals surface area contributed by atoms with Gasteiger partial charge < -0.3 is 24.3 Å². The molecule has 1 aromatic carbocycles. The van der Waals surface area contributed by atoms with Gasteiger partial charge in [-0.25, -0.2) is 33.8 Å². The minimum Gasteiger partial charge on any atom is -0.431 e. The zero-order chi connectivity index (χ0) is 29.5. The molecule has 0 fully saturated rings. The molecule has 4 rings (SSSR count). The van der Waals surface area contributed by atoms with E-state index >= 15 is 0 Å². The first-order valence-electron chi connectivity index (χ1n) is 11.1. The molecule has 40 heavy (non-hydrogen) atoms. The number of nitrogens with two attached hydrogens (primary N) is 1. The van der Waals surface area contributed by atoms with Crippen LogP contribution in [0.3, 0.4) is 0 Å². The number of fused-ring (bicyclic) bond motifs is 1. The molecule has 0 aliphatic carbocycles. The molecule has 0 bridgehead atoms. The first-order valence-corrected chi connectivity index (χ1v) is 14.5. The van der Waals surface area contributed by atoms with E-state index in [-0.39, 0.29) is 22.7 Å². The molecule has 0 amide bonds. The van der Waals surface area contributed by atoms with Gasteiger partial charge in [0.05, 0.1) is 12.4 Å². The summed E-state index contributed by atoms with van der Waals surface area (Å²) in [5, 5.41) is 9.66. The minimum absolute atomic E-state index is 0.0930. The van der Waals surface area contributed by atoms with E-state index in [4.69, 9.17) is 34.8 Å². The number of anilines is 1. The number of benzene rings is 1. The standard InChI is InChI=1S/C19H21FN6O9P2.C2H3N/c1-11(19(27)35-37(29,30)31)25-36(28,34-12-5-3-2-4-6-12)10-32-14-7-13(20)18(33-14)26-9-24-15-16(21)22-8-23-17(15)26;1-2-3/h2-9,11,14,18H,10H2,1H3,(H,25,28)(H2,21,22,23)(H2,29,30,31);1H3/t11-,14-,18+,36-;/m0./s1. The number of rotatable bonds is 10. The van der Waals surface area contributed by atoms with Crippen LogP contribution in [0.25, 0.3) is 11.2 Å². The van der Waals surface area contributed by atoms with Crippen LogP contribution in [0.5, 0.6) is 5.75 Å². The second-order valence-electron chi connectivity index (χ2n) is 7.84. The Balaban J connectivity index is 0.00000141. The topological polar surface area (TPSA) is 234 Å². The fourth-order valence-electron chi connectivity index (χ4n) is 3.23. The predicted molar refractivity (Wildman–Crippen MR) is 135 cm³/mol. The SMILES string of the molecule is CC#N.C[C@H](N[P@](=O)(CO[C@@H]1C=C(F)[C@H](n2cnc3c(N)ncnc32)O1)Oc1ccccc1)C(=O)OP(=O)(O)O. The average molecular weight is 599 g/mol. The largest absolute Gasteiger partial charge is 0.527 e. The average Bonchev–Trinajstić information content (AvgIpc) is 3.46. The summed E-state index contributed by atoms with van der Waals surface area (Å²) < 4.78 is 61.1. The Hall–Kier alpha value is -3.74. The number of para-hydroxylation sites is 1. The molecular formula is C21H24FN7O9P2. The lowest BCUT2D eigenvalue weighted by molar-refractivity contribution is -0.137. The van der Waals surface area contributed by atoms with Crippen LogP contribution in [-0.2, 0) is 27.9 Å². The van der Waals surface area contributed by atoms with Crippen LogP contribution >= 0.6 is 15.3 Å². The van der Waals surface area contributed by atoms with E-state index in [0.717, 1.165) is 13.0 Å². The van der Waals surface area contributed by atoms with Gasteiger partial charge in [0.1, 0.15) is 23.6 Å². The Kier molecular flexibility index (Phi) is 10.1. The third-order valence-corrected chi connectivity index (χ3v) is 6.98. The number of nitrogens with one attached hydrogen (secondary N) is 1. The molecule has 0 spiro atoms. The number of hydrogen-bond acceptors (Lipinski definition) is 12. The van der Waals surface area contributed by atoms with E-state index in [2.05, 4.69) is 24.6 Å². The van der Waals surface area contributed by atoms with Crippen molar-refractivity contribution in [3.05, 3.63) is 54.9 Å². The lowest BCUT2D eigenvalue weighted by atomic mass is 10.3. The van der Waals surface area contributed by atoms with Gasteiger partial charge in [-0.15, -0.1) is 0 Å². The predicted octanol–water partition coefficient (Wildman–Crippen LogP) is 2.51. The molecule has 4 atom stereocenters. The normalized spacial score (nSPS) is 18.9. The monoisotopic (exact) mass is 599 g/mol. The first-order chi connectivity index (χ1) is 18.9. The van der Waals surface area contributed by atoms with Crippen molar-refractivity contribution in [1.29, 1.82) is 5.26 Å². The molecule has 0 radical (unpaired) electrons. The molecule has 214 valence electrons. The summed E-state index contributed by atoms with van der Waals surface area (Å²) in [7, 11) is -9.27. The van der Waals surface area contributed by atoms with Gasteiger partial charge in [-0.3, -0.25) is 18.9 Å². The van der Waals surface area contributed by atoms with E-state index < -0.39 is 52.0 Å². The number of halogens is 1. The van der Waals surface area contributed by atoms with Crippen LogP contribution in [0.15, 0.2) is 54.9 Å². The van der Waals surface area contributed by atoms with Gasteiger partial charge in [0.2, 0.25) is 0 Å². The maximum Gasteiger partial charge on any atom is 0.527 e. The number of phosphoric ester groups is 1. The van der Waals surface area contributed by atoms with Crippen molar-refractivity contribution in [2.24, 2.45) is 0 Å². The highest BCUT2D eigenvalue weighted by molar-refractivity contribution is 7.57. The van der Waals surface area contributed by atoms with Crippen LogP contribution in [0.4, 0.5) is 10.2 Å². The van der Waals surface area contributed by atoms with Crippen LogP contribution < -0.4 is 15.3 Å². The Labute approximate surface area is 226 Å². The van der Waals surface area contributed by atoms with Crippen molar-refractivity contribution < 1.29 is 46.6 Å². The number of carbonyl (C=O) groups excluding carboxylic acids is 1. The molecule has 0 saturated carbocycles. The van der Waals surface area contributed by atoms with Gasteiger partial charge in [0.25, 0.3) is 0 Å². The third-order valence-electron chi connectivity index (χ3n) is 4.79. The number of nitrogens with zero attached hydrogens (tertiary/aromatic N) is 5. The van der Waals surface area contributed by atoms with Crippen molar-refractivity contribution in [2.45, 2.75) is 32.4 Å². The number of nitrogen functional groups attached to an aromatic ring is 1. The fourth-order valence-corrected chi connectivity index (χ4v) is 5.30. The Morgan fingerprint density at radius 2 is 1.98 bits per heavy atom. The lowest BCUT2D eigenvalue weighted by Gasteiger charge is -2.24. The van der Waals surface area contributed by atoms with Gasteiger partial charge in [0.15, 0.2) is 36.2 Å². The highest BCUT2D eigenvalue weighted by Gasteiger charge is 2.37. The lowest BCUT2D eigenvalue weighted by Crippen LogP contribution is -2.35. The molecule has 1 aliphatic rings. The molecule has 0 unspecified atom stereocenters. The number of aromatic nitrogens is 4. The van der Waals surface area contributed by atoms with Gasteiger partial charge in [-0.2, -0.15) is 5.26 Å². The van der Waals surface area contributed by atoms with Gasteiger partial charge >= 0.3 is 21.3 Å². The quantitative estimate of drug-likeness (QED) is 0.245. The van der Waals surface area contributed by atoms with Crippen molar-refractivity contribution in [2.75, 3.05) is 12.1 Å². The van der Waals surface area contributed by atoms with Crippen LogP contribution in [0.2, 0.25) is 0 Å². The van der Waals surface area contributed by atoms with Gasteiger partial charge in [-0.05, 0) is 19.1 Å². The van der Waals surface area contributed by atoms with Crippen molar-refractivity contribution in [3.63, 3.8) is 0 Å². The number of hydrogen-bond donors (Lipinski definition) is 4. The summed E-state index contributed by atoms with van der Waals surface area (Å²) in [4.78, 5) is 41.6. The van der Waals surface area contributed by atoms with E-state index in [1.165, 1.54) is 36.3 Å². The maximum atomic E-state index is 14.8. The van der Waals surface area contributed by atoms with Crippen LogP contribution in [0.1, 0.15) is 20.1 Å². The van der Waals surface area contributed by atoms with Crippen molar-refractivity contribution in [3.8, 4) is 11.8 Å². The minimum atomic E-state index is -5.14. The smallest absolute Gasteiger partial charge is 0.431 e. The molecule has 19 heteroatoms. The molecule has 0 saturated heterocycles. The molecule has 3 aromatic rings. The van der Waals surface area contributed by atoms with E-state index in [1.54, 1.807) is 24.3 Å².